The summed E-state index contributed by atoms with van der Waals surface area (Å²) in [5.74, 6) is 0.245. The summed E-state index contributed by atoms with van der Waals surface area (Å²) in [6.07, 6.45) is 0. The van der Waals surface area contributed by atoms with E-state index in [1.165, 1.54) is 18.2 Å². The first-order valence-corrected chi connectivity index (χ1v) is 6.74. The SMILES string of the molecule is Cc1cc(C#N)ccc1S(=O)(=O)NCc1nn[nH]n1. The number of nitrogens with zero attached hydrogens (tertiary/aromatic N) is 4. The molecule has 2 rings (SSSR count). The van der Waals surface area contributed by atoms with Crippen molar-refractivity contribution in [3.63, 3.8) is 0 Å². The molecular weight excluding hydrogens is 268 g/mol. The fourth-order valence-corrected chi connectivity index (χ4v) is 2.72. The molecule has 0 aliphatic rings. The molecule has 1 heterocycles. The van der Waals surface area contributed by atoms with Crippen LogP contribution >= 0.6 is 0 Å². The number of hydrogen-bond acceptors (Lipinski definition) is 6. The van der Waals surface area contributed by atoms with Crippen LogP contribution in [0.3, 0.4) is 0 Å². The van der Waals surface area contributed by atoms with E-state index in [0.717, 1.165) is 0 Å². The van der Waals surface area contributed by atoms with Crippen LogP contribution in [0, 0.1) is 18.3 Å². The van der Waals surface area contributed by atoms with Gasteiger partial charge in [-0.1, -0.05) is 5.21 Å². The predicted octanol–water partition coefficient (Wildman–Crippen LogP) is -0.142. The van der Waals surface area contributed by atoms with Crippen molar-refractivity contribution in [3.8, 4) is 6.07 Å². The molecule has 0 aliphatic carbocycles. The Morgan fingerprint density at radius 1 is 1.47 bits per heavy atom. The third-order valence-electron chi connectivity index (χ3n) is 2.40. The van der Waals surface area contributed by atoms with E-state index in [9.17, 15) is 8.42 Å². The maximum Gasteiger partial charge on any atom is 0.241 e. The van der Waals surface area contributed by atoms with Gasteiger partial charge >= 0.3 is 0 Å². The van der Waals surface area contributed by atoms with Crippen molar-refractivity contribution in [1.82, 2.24) is 25.3 Å². The number of tetrazole rings is 1. The Bertz CT molecular complexity index is 717. The van der Waals surface area contributed by atoms with Gasteiger partial charge in [0.25, 0.3) is 0 Å². The summed E-state index contributed by atoms with van der Waals surface area (Å²) in [4.78, 5) is 0.120. The fraction of sp³-hybridized carbons (Fsp3) is 0.200. The summed E-state index contributed by atoms with van der Waals surface area (Å²) in [5, 5.41) is 21.6. The Morgan fingerprint density at radius 2 is 2.26 bits per heavy atom. The van der Waals surface area contributed by atoms with Gasteiger partial charge in [0.15, 0.2) is 5.82 Å². The fourth-order valence-electron chi connectivity index (χ4n) is 1.52. The van der Waals surface area contributed by atoms with E-state index >= 15 is 0 Å². The van der Waals surface area contributed by atoms with E-state index in [2.05, 4.69) is 25.3 Å². The van der Waals surface area contributed by atoms with Gasteiger partial charge in [-0.05, 0) is 30.7 Å². The molecule has 2 N–H and O–H groups in total. The third kappa shape index (κ3) is 2.93. The molecule has 98 valence electrons. The van der Waals surface area contributed by atoms with E-state index < -0.39 is 10.0 Å². The van der Waals surface area contributed by atoms with Crippen molar-refractivity contribution in [2.24, 2.45) is 0 Å². The molecule has 1 aromatic heterocycles. The highest BCUT2D eigenvalue weighted by molar-refractivity contribution is 7.89. The van der Waals surface area contributed by atoms with Gasteiger partial charge in [0.2, 0.25) is 10.0 Å². The molecule has 0 spiro atoms. The zero-order valence-electron chi connectivity index (χ0n) is 9.95. The Balaban J connectivity index is 2.22. The Kier molecular flexibility index (Phi) is 3.55. The summed E-state index contributed by atoms with van der Waals surface area (Å²) >= 11 is 0. The number of H-pyrrole nitrogens is 1. The second-order valence-corrected chi connectivity index (χ2v) is 5.48. The van der Waals surface area contributed by atoms with Crippen molar-refractivity contribution in [1.29, 1.82) is 5.26 Å². The van der Waals surface area contributed by atoms with Crippen LogP contribution in [0.15, 0.2) is 23.1 Å². The minimum Gasteiger partial charge on any atom is -0.207 e. The van der Waals surface area contributed by atoms with E-state index in [-0.39, 0.29) is 17.3 Å². The Hall–Kier alpha value is -2.31. The highest BCUT2D eigenvalue weighted by Crippen LogP contribution is 2.16. The van der Waals surface area contributed by atoms with Gasteiger partial charge in [-0.15, -0.1) is 10.2 Å². The lowest BCUT2D eigenvalue weighted by Gasteiger charge is -2.07. The normalized spacial score (nSPS) is 11.2. The summed E-state index contributed by atoms with van der Waals surface area (Å²) < 4.78 is 26.5. The molecule has 0 radical (unpaired) electrons. The number of sulfonamides is 1. The van der Waals surface area contributed by atoms with Crippen LogP contribution in [0.4, 0.5) is 0 Å². The van der Waals surface area contributed by atoms with Crippen LogP contribution in [0.2, 0.25) is 0 Å². The van der Waals surface area contributed by atoms with E-state index in [0.29, 0.717) is 11.1 Å². The molecule has 8 nitrogen and oxygen atoms in total. The molecule has 0 fully saturated rings. The van der Waals surface area contributed by atoms with Gasteiger partial charge in [0.1, 0.15) is 0 Å². The zero-order chi connectivity index (χ0) is 13.9. The second kappa shape index (κ2) is 5.13. The van der Waals surface area contributed by atoms with Gasteiger partial charge in [-0.3, -0.25) is 0 Å². The van der Waals surface area contributed by atoms with Crippen molar-refractivity contribution in [2.45, 2.75) is 18.4 Å². The Labute approximate surface area is 109 Å². The quantitative estimate of drug-likeness (QED) is 0.801. The first kappa shape index (κ1) is 13.1. The highest BCUT2D eigenvalue weighted by Gasteiger charge is 2.17. The lowest BCUT2D eigenvalue weighted by atomic mass is 10.2. The van der Waals surface area contributed by atoms with Gasteiger partial charge in [0.05, 0.1) is 23.1 Å². The van der Waals surface area contributed by atoms with Crippen molar-refractivity contribution in [2.75, 3.05) is 0 Å². The van der Waals surface area contributed by atoms with Crippen LogP contribution in [0.5, 0.6) is 0 Å². The minimum atomic E-state index is -3.67. The average Bonchev–Trinajstić information content (AvgIpc) is 2.89. The van der Waals surface area contributed by atoms with Crippen LogP contribution < -0.4 is 4.72 Å². The molecule has 0 amide bonds. The summed E-state index contributed by atoms with van der Waals surface area (Å²) in [6, 6.07) is 6.32. The minimum absolute atomic E-state index is 0.0573. The maximum atomic E-state index is 12.1. The third-order valence-corrected chi connectivity index (χ3v) is 3.96. The number of nitriles is 1. The first-order chi connectivity index (χ1) is 9.03. The molecule has 0 bridgehead atoms. The van der Waals surface area contributed by atoms with Gasteiger partial charge in [-0.25, -0.2) is 13.1 Å². The van der Waals surface area contributed by atoms with E-state index in [1.54, 1.807) is 6.92 Å². The largest absolute Gasteiger partial charge is 0.241 e. The molecule has 0 aliphatic heterocycles. The number of hydrogen-bond donors (Lipinski definition) is 2. The molecular formula is C10H10N6O2S. The van der Waals surface area contributed by atoms with Gasteiger partial charge < -0.3 is 0 Å². The predicted molar refractivity (Wildman–Crippen MR) is 64.1 cm³/mol. The van der Waals surface area contributed by atoms with Gasteiger partial charge in [0, 0.05) is 0 Å². The standard InChI is InChI=1S/C10H10N6O2S/c1-7-4-8(5-11)2-3-9(7)19(17,18)12-6-10-13-15-16-14-10/h2-4,12H,6H2,1H3,(H,13,14,15,16). The lowest BCUT2D eigenvalue weighted by Crippen LogP contribution is -2.24. The van der Waals surface area contributed by atoms with Crippen molar-refractivity contribution in [3.05, 3.63) is 35.2 Å². The summed E-state index contributed by atoms with van der Waals surface area (Å²) in [6.45, 7) is 1.57. The number of nitrogens with one attached hydrogen (secondary N) is 2. The number of benzene rings is 1. The molecule has 0 unspecified atom stereocenters. The van der Waals surface area contributed by atoms with E-state index in [1.807, 2.05) is 6.07 Å². The zero-order valence-corrected chi connectivity index (χ0v) is 10.8. The summed E-state index contributed by atoms with van der Waals surface area (Å²) in [5.41, 5.74) is 0.911. The summed E-state index contributed by atoms with van der Waals surface area (Å²) in [7, 11) is -3.67. The number of aromatic amines is 1. The first-order valence-electron chi connectivity index (χ1n) is 5.25. The van der Waals surface area contributed by atoms with Gasteiger partial charge in [-0.2, -0.15) is 10.5 Å². The second-order valence-electron chi connectivity index (χ2n) is 3.74. The maximum absolute atomic E-state index is 12.1. The smallest absolute Gasteiger partial charge is 0.207 e. The molecule has 0 saturated carbocycles. The number of aryl methyl sites for hydroxylation is 1. The van der Waals surface area contributed by atoms with Crippen LogP contribution in [0.25, 0.3) is 0 Å². The molecule has 2 aromatic rings. The van der Waals surface area contributed by atoms with Crippen molar-refractivity contribution >= 4 is 10.0 Å². The number of aromatic nitrogens is 4. The topological polar surface area (TPSA) is 124 Å². The van der Waals surface area contributed by atoms with Crippen LogP contribution in [0.1, 0.15) is 17.0 Å². The highest BCUT2D eigenvalue weighted by atomic mass is 32.2. The Morgan fingerprint density at radius 3 is 2.84 bits per heavy atom. The average molecular weight is 278 g/mol. The molecule has 0 atom stereocenters. The van der Waals surface area contributed by atoms with Crippen molar-refractivity contribution < 1.29 is 8.42 Å². The van der Waals surface area contributed by atoms with Crippen LogP contribution in [-0.2, 0) is 16.6 Å². The number of rotatable bonds is 4. The lowest BCUT2D eigenvalue weighted by molar-refractivity contribution is 0.578. The molecule has 0 saturated heterocycles. The monoisotopic (exact) mass is 278 g/mol. The molecule has 19 heavy (non-hydrogen) atoms. The molecule has 1 aromatic carbocycles. The van der Waals surface area contributed by atoms with E-state index in [4.69, 9.17) is 5.26 Å². The molecule has 9 heteroatoms. The van der Waals surface area contributed by atoms with Crippen LogP contribution in [-0.4, -0.2) is 29.0 Å².